The summed E-state index contributed by atoms with van der Waals surface area (Å²) in [5, 5.41) is 12.4. The van der Waals surface area contributed by atoms with Gasteiger partial charge in [0, 0.05) is 32.2 Å². The second-order valence-corrected chi connectivity index (χ2v) is 5.98. The Balaban J connectivity index is 1.71. The molecule has 0 aromatic heterocycles. The first-order valence-corrected chi connectivity index (χ1v) is 8.14. The molecular formula is C17H27N3O2. The standard InChI is InChI=1S/C17H27N3O2/c1-3-19-10-12-20(13-11-19)17(22)18-14(2)4-5-15-6-8-16(21)9-7-15/h6-9,14,21H,3-5,10-13H2,1-2H3,(H,18,22). The fourth-order valence-electron chi connectivity index (χ4n) is 2.69. The lowest BCUT2D eigenvalue weighted by Gasteiger charge is -2.34. The van der Waals surface area contributed by atoms with Crippen LogP contribution in [0.5, 0.6) is 5.75 Å². The molecule has 0 spiro atoms. The zero-order chi connectivity index (χ0) is 15.9. The first-order chi connectivity index (χ1) is 10.6. The predicted octanol–water partition coefficient (Wildman–Crippen LogP) is 2.06. The lowest BCUT2D eigenvalue weighted by Crippen LogP contribution is -2.53. The summed E-state index contributed by atoms with van der Waals surface area (Å²) in [6.45, 7) is 8.80. The molecule has 2 rings (SSSR count). The monoisotopic (exact) mass is 305 g/mol. The van der Waals surface area contributed by atoms with Gasteiger partial charge in [0.2, 0.25) is 0 Å². The minimum Gasteiger partial charge on any atom is -0.508 e. The summed E-state index contributed by atoms with van der Waals surface area (Å²) < 4.78 is 0. The molecule has 1 heterocycles. The van der Waals surface area contributed by atoms with Gasteiger partial charge in [0.05, 0.1) is 0 Å². The lowest BCUT2D eigenvalue weighted by atomic mass is 10.1. The normalized spacial score (nSPS) is 17.3. The average molecular weight is 305 g/mol. The summed E-state index contributed by atoms with van der Waals surface area (Å²) in [7, 11) is 0. The van der Waals surface area contributed by atoms with Crippen LogP contribution < -0.4 is 5.32 Å². The quantitative estimate of drug-likeness (QED) is 0.875. The Morgan fingerprint density at radius 3 is 2.45 bits per heavy atom. The van der Waals surface area contributed by atoms with Crippen LogP contribution in [0.3, 0.4) is 0 Å². The highest BCUT2D eigenvalue weighted by molar-refractivity contribution is 5.74. The highest BCUT2D eigenvalue weighted by Crippen LogP contribution is 2.12. The third-order valence-corrected chi connectivity index (χ3v) is 4.28. The minimum absolute atomic E-state index is 0.0500. The maximum absolute atomic E-state index is 12.2. The number of amides is 2. The molecule has 1 aromatic rings. The second-order valence-electron chi connectivity index (χ2n) is 5.98. The number of rotatable bonds is 5. The molecule has 0 radical (unpaired) electrons. The van der Waals surface area contributed by atoms with Crippen LogP contribution in [0.1, 0.15) is 25.8 Å². The molecule has 1 atom stereocenters. The molecule has 1 saturated heterocycles. The van der Waals surface area contributed by atoms with E-state index in [1.807, 2.05) is 24.0 Å². The van der Waals surface area contributed by atoms with Crippen molar-refractivity contribution in [3.8, 4) is 5.75 Å². The third kappa shape index (κ3) is 4.91. The zero-order valence-electron chi connectivity index (χ0n) is 13.6. The van der Waals surface area contributed by atoms with Crippen LogP contribution in [0.25, 0.3) is 0 Å². The number of phenols is 1. The van der Waals surface area contributed by atoms with Gasteiger partial charge in [-0.15, -0.1) is 0 Å². The molecule has 1 fully saturated rings. The molecule has 0 aliphatic carbocycles. The largest absolute Gasteiger partial charge is 0.508 e. The van der Waals surface area contributed by atoms with E-state index in [1.165, 1.54) is 5.56 Å². The molecule has 0 bridgehead atoms. The topological polar surface area (TPSA) is 55.8 Å². The molecule has 1 aromatic carbocycles. The van der Waals surface area contributed by atoms with Gasteiger partial charge >= 0.3 is 6.03 Å². The van der Waals surface area contributed by atoms with Crippen molar-refractivity contribution in [2.45, 2.75) is 32.7 Å². The molecule has 0 saturated carbocycles. The number of piperazine rings is 1. The number of hydrogen-bond acceptors (Lipinski definition) is 3. The number of carbonyl (C=O) groups excluding carboxylic acids is 1. The van der Waals surface area contributed by atoms with Crippen molar-refractivity contribution in [1.29, 1.82) is 0 Å². The number of nitrogens with zero attached hydrogens (tertiary/aromatic N) is 2. The van der Waals surface area contributed by atoms with Crippen LogP contribution in [-0.4, -0.2) is 59.7 Å². The van der Waals surface area contributed by atoms with Crippen LogP contribution in [0, 0.1) is 0 Å². The summed E-state index contributed by atoms with van der Waals surface area (Å²) in [6.07, 6.45) is 1.79. The van der Waals surface area contributed by atoms with Gasteiger partial charge in [0.25, 0.3) is 0 Å². The molecule has 1 aliphatic rings. The number of nitrogens with one attached hydrogen (secondary N) is 1. The van der Waals surface area contributed by atoms with E-state index in [4.69, 9.17) is 0 Å². The summed E-state index contributed by atoms with van der Waals surface area (Å²) in [5.74, 6) is 0.288. The van der Waals surface area contributed by atoms with Gasteiger partial charge in [0.15, 0.2) is 0 Å². The molecule has 2 amide bonds. The van der Waals surface area contributed by atoms with E-state index in [0.717, 1.165) is 45.6 Å². The average Bonchev–Trinajstić information content (AvgIpc) is 2.54. The van der Waals surface area contributed by atoms with Crippen molar-refractivity contribution in [2.24, 2.45) is 0 Å². The highest BCUT2D eigenvalue weighted by Gasteiger charge is 2.20. The maximum Gasteiger partial charge on any atom is 0.317 e. The van der Waals surface area contributed by atoms with E-state index in [2.05, 4.69) is 17.1 Å². The molecule has 5 nitrogen and oxygen atoms in total. The van der Waals surface area contributed by atoms with Crippen molar-refractivity contribution in [2.75, 3.05) is 32.7 Å². The van der Waals surface area contributed by atoms with E-state index < -0.39 is 0 Å². The van der Waals surface area contributed by atoms with Crippen molar-refractivity contribution in [3.05, 3.63) is 29.8 Å². The first kappa shape index (κ1) is 16.6. The Morgan fingerprint density at radius 1 is 1.23 bits per heavy atom. The van der Waals surface area contributed by atoms with Gasteiger partial charge in [-0.3, -0.25) is 0 Å². The number of phenolic OH excluding ortho intramolecular Hbond substituents is 1. The van der Waals surface area contributed by atoms with Gasteiger partial charge < -0.3 is 20.2 Å². The second kappa shape index (κ2) is 8.03. The first-order valence-electron chi connectivity index (χ1n) is 8.14. The van der Waals surface area contributed by atoms with Gasteiger partial charge in [-0.25, -0.2) is 4.79 Å². The van der Waals surface area contributed by atoms with E-state index in [0.29, 0.717) is 0 Å². The third-order valence-electron chi connectivity index (χ3n) is 4.28. The summed E-state index contributed by atoms with van der Waals surface area (Å²) >= 11 is 0. The minimum atomic E-state index is 0.0500. The summed E-state index contributed by atoms with van der Waals surface area (Å²) in [4.78, 5) is 16.5. The van der Waals surface area contributed by atoms with E-state index in [-0.39, 0.29) is 17.8 Å². The smallest absolute Gasteiger partial charge is 0.317 e. The number of carbonyl (C=O) groups is 1. The molecule has 5 heteroatoms. The predicted molar refractivity (Wildman–Crippen MR) is 88.1 cm³/mol. The summed E-state index contributed by atoms with van der Waals surface area (Å²) in [5.41, 5.74) is 1.18. The number of hydrogen-bond donors (Lipinski definition) is 2. The molecule has 1 aliphatic heterocycles. The van der Waals surface area contributed by atoms with Crippen molar-refractivity contribution >= 4 is 6.03 Å². The van der Waals surface area contributed by atoms with Crippen molar-refractivity contribution < 1.29 is 9.90 Å². The zero-order valence-corrected chi connectivity index (χ0v) is 13.6. The van der Waals surface area contributed by atoms with Crippen LogP contribution in [0.2, 0.25) is 0 Å². The molecule has 2 N–H and O–H groups in total. The molecular weight excluding hydrogens is 278 g/mol. The highest BCUT2D eigenvalue weighted by atomic mass is 16.3. The lowest BCUT2D eigenvalue weighted by molar-refractivity contribution is 0.141. The van der Waals surface area contributed by atoms with Crippen molar-refractivity contribution in [1.82, 2.24) is 15.1 Å². The number of aromatic hydroxyl groups is 1. The molecule has 1 unspecified atom stereocenters. The Kier molecular flexibility index (Phi) is 6.07. The Morgan fingerprint density at radius 2 is 1.86 bits per heavy atom. The number of benzene rings is 1. The van der Waals surface area contributed by atoms with Gasteiger partial charge in [-0.1, -0.05) is 19.1 Å². The molecule has 22 heavy (non-hydrogen) atoms. The molecule has 122 valence electrons. The fraction of sp³-hybridized carbons (Fsp3) is 0.588. The number of aryl methyl sites for hydroxylation is 1. The van der Waals surface area contributed by atoms with E-state index in [9.17, 15) is 9.90 Å². The SMILES string of the molecule is CCN1CCN(C(=O)NC(C)CCc2ccc(O)cc2)CC1. The number of likely N-dealkylation sites (N-methyl/N-ethyl adjacent to an activating group) is 1. The van der Waals surface area contributed by atoms with Crippen LogP contribution in [0.4, 0.5) is 4.79 Å². The Hall–Kier alpha value is -1.75. The van der Waals surface area contributed by atoms with Gasteiger partial charge in [0.1, 0.15) is 5.75 Å². The Labute approximate surface area is 132 Å². The Bertz CT molecular complexity index is 467. The fourth-order valence-corrected chi connectivity index (χ4v) is 2.69. The number of urea groups is 1. The van der Waals surface area contributed by atoms with Crippen molar-refractivity contribution in [3.63, 3.8) is 0 Å². The van der Waals surface area contributed by atoms with Crippen LogP contribution >= 0.6 is 0 Å². The van der Waals surface area contributed by atoms with Crippen LogP contribution in [0.15, 0.2) is 24.3 Å². The van der Waals surface area contributed by atoms with Gasteiger partial charge in [-0.2, -0.15) is 0 Å². The van der Waals surface area contributed by atoms with Gasteiger partial charge in [-0.05, 0) is 44.0 Å². The van der Waals surface area contributed by atoms with E-state index in [1.54, 1.807) is 12.1 Å². The maximum atomic E-state index is 12.2. The summed E-state index contributed by atoms with van der Waals surface area (Å²) in [6, 6.07) is 7.44. The van der Waals surface area contributed by atoms with E-state index >= 15 is 0 Å². The van der Waals surface area contributed by atoms with Crippen LogP contribution in [-0.2, 0) is 6.42 Å².